The van der Waals surface area contributed by atoms with Crippen LogP contribution in [-0.4, -0.2) is 41.2 Å². The van der Waals surface area contributed by atoms with E-state index in [-0.39, 0.29) is 17.9 Å². The number of phenolic OH excluding ortho intramolecular Hbond substituents is 1. The van der Waals surface area contributed by atoms with E-state index < -0.39 is 6.10 Å². The number of aliphatic imine (C=N–C) groups is 1. The summed E-state index contributed by atoms with van der Waals surface area (Å²) in [4.78, 5) is 4.31. The van der Waals surface area contributed by atoms with Crippen LogP contribution in [0.25, 0.3) is 0 Å². The molecule has 1 unspecified atom stereocenters. The molecule has 1 heterocycles. The second-order valence-corrected chi connectivity index (χ2v) is 7.34. The molecule has 0 aliphatic carbocycles. The Hall–Kier alpha value is -2.37. The Bertz CT molecular complexity index is 769. The molecule has 3 N–H and O–H groups in total. The van der Waals surface area contributed by atoms with Crippen LogP contribution in [0.15, 0.2) is 47.5 Å². The lowest BCUT2D eigenvalue weighted by atomic mass is 9.94. The molecule has 0 saturated heterocycles. The Labute approximate surface area is 154 Å². The third kappa shape index (κ3) is 4.84. The van der Waals surface area contributed by atoms with E-state index in [1.54, 1.807) is 12.1 Å². The molecule has 0 amide bonds. The van der Waals surface area contributed by atoms with Gasteiger partial charge in [-0.15, -0.1) is 0 Å². The van der Waals surface area contributed by atoms with Crippen molar-refractivity contribution in [3.05, 3.63) is 53.6 Å². The highest BCUT2D eigenvalue weighted by Crippen LogP contribution is 2.32. The molecule has 0 saturated carbocycles. The molecule has 3 rings (SSSR count). The van der Waals surface area contributed by atoms with E-state index in [9.17, 15) is 10.2 Å². The second-order valence-electron chi connectivity index (χ2n) is 7.34. The highest BCUT2D eigenvalue weighted by molar-refractivity contribution is 5.78. The number of aliphatic hydroxyl groups is 1. The molecule has 0 fully saturated rings. The SMILES string of the molecule is CC(C)(Cc1ccc(O)cc1)NCC(O)COc1cccc2c1CC=N2. The maximum absolute atomic E-state index is 10.3. The number of aliphatic hydroxyl groups excluding tert-OH is 1. The van der Waals surface area contributed by atoms with Gasteiger partial charge >= 0.3 is 0 Å². The first-order valence-electron chi connectivity index (χ1n) is 8.91. The van der Waals surface area contributed by atoms with Crippen molar-refractivity contribution in [2.24, 2.45) is 4.99 Å². The van der Waals surface area contributed by atoms with Gasteiger partial charge in [0.15, 0.2) is 0 Å². The van der Waals surface area contributed by atoms with E-state index in [0.717, 1.165) is 35.4 Å². The molecule has 0 spiro atoms. The highest BCUT2D eigenvalue weighted by atomic mass is 16.5. The summed E-state index contributed by atoms with van der Waals surface area (Å²) in [6.45, 7) is 4.86. The second kappa shape index (κ2) is 7.89. The van der Waals surface area contributed by atoms with Gasteiger partial charge < -0.3 is 20.3 Å². The van der Waals surface area contributed by atoms with Gasteiger partial charge in [-0.3, -0.25) is 4.99 Å². The minimum absolute atomic E-state index is 0.181. The van der Waals surface area contributed by atoms with Gasteiger partial charge in [0, 0.05) is 30.3 Å². The van der Waals surface area contributed by atoms with Crippen molar-refractivity contribution in [3.8, 4) is 11.5 Å². The third-order valence-corrected chi connectivity index (χ3v) is 4.46. The maximum atomic E-state index is 10.3. The smallest absolute Gasteiger partial charge is 0.125 e. The Morgan fingerprint density at radius 3 is 2.73 bits per heavy atom. The fraction of sp³-hybridized carbons (Fsp3) is 0.381. The molecule has 0 bridgehead atoms. The van der Waals surface area contributed by atoms with Crippen molar-refractivity contribution in [3.63, 3.8) is 0 Å². The summed E-state index contributed by atoms with van der Waals surface area (Å²) in [5.74, 6) is 1.06. The zero-order chi connectivity index (χ0) is 18.6. The zero-order valence-corrected chi connectivity index (χ0v) is 15.3. The number of hydrogen-bond donors (Lipinski definition) is 3. The van der Waals surface area contributed by atoms with Crippen molar-refractivity contribution in [1.82, 2.24) is 5.32 Å². The number of nitrogens with one attached hydrogen (secondary N) is 1. The van der Waals surface area contributed by atoms with Crippen LogP contribution < -0.4 is 10.1 Å². The van der Waals surface area contributed by atoms with Crippen molar-refractivity contribution in [2.45, 2.75) is 38.3 Å². The number of nitrogens with zero attached hydrogens (tertiary/aromatic N) is 1. The predicted molar refractivity (Wildman–Crippen MR) is 104 cm³/mol. The molecule has 1 atom stereocenters. The quantitative estimate of drug-likeness (QED) is 0.681. The van der Waals surface area contributed by atoms with Gasteiger partial charge in [-0.2, -0.15) is 0 Å². The fourth-order valence-corrected chi connectivity index (χ4v) is 3.08. The molecule has 138 valence electrons. The van der Waals surface area contributed by atoms with E-state index in [2.05, 4.69) is 24.2 Å². The van der Waals surface area contributed by atoms with Gasteiger partial charge in [-0.1, -0.05) is 18.2 Å². The first-order valence-corrected chi connectivity index (χ1v) is 8.91. The van der Waals surface area contributed by atoms with Gasteiger partial charge in [-0.05, 0) is 50.1 Å². The summed E-state index contributed by atoms with van der Waals surface area (Å²) in [6, 6.07) is 13.0. The van der Waals surface area contributed by atoms with E-state index in [4.69, 9.17) is 4.74 Å². The Balaban J connectivity index is 1.47. The van der Waals surface area contributed by atoms with Gasteiger partial charge in [0.25, 0.3) is 0 Å². The lowest BCUT2D eigenvalue weighted by Gasteiger charge is -2.28. The first kappa shape index (κ1) is 18.4. The molecule has 2 aromatic carbocycles. The Kier molecular flexibility index (Phi) is 5.59. The molecule has 0 aromatic heterocycles. The lowest BCUT2D eigenvalue weighted by Crippen LogP contribution is -2.46. The number of benzene rings is 2. The normalized spacial score (nSPS) is 14.3. The summed E-state index contributed by atoms with van der Waals surface area (Å²) >= 11 is 0. The molecular weight excluding hydrogens is 328 g/mol. The number of β-amino-alcohol motifs (C(OH)–C–C–N with tert-alkyl or cyclic N) is 1. The van der Waals surface area contributed by atoms with Crippen molar-refractivity contribution < 1.29 is 14.9 Å². The van der Waals surface area contributed by atoms with Crippen LogP contribution in [0.4, 0.5) is 5.69 Å². The third-order valence-electron chi connectivity index (χ3n) is 4.46. The number of fused-ring (bicyclic) bond motifs is 1. The number of hydrogen-bond acceptors (Lipinski definition) is 5. The van der Waals surface area contributed by atoms with Crippen LogP contribution in [0.2, 0.25) is 0 Å². The minimum Gasteiger partial charge on any atom is -0.508 e. The van der Waals surface area contributed by atoms with E-state index in [0.29, 0.717) is 6.54 Å². The first-order chi connectivity index (χ1) is 12.4. The van der Waals surface area contributed by atoms with Gasteiger partial charge in [-0.25, -0.2) is 0 Å². The summed E-state index contributed by atoms with van der Waals surface area (Å²) in [6.07, 6.45) is 2.85. The van der Waals surface area contributed by atoms with Crippen LogP contribution in [0, 0.1) is 0 Å². The standard InChI is InChI=1S/C21H26N2O3/c1-21(2,12-15-6-8-16(24)9-7-15)23-13-17(25)14-26-20-5-3-4-19-18(20)10-11-22-19/h3-9,11,17,23-25H,10,12-14H2,1-2H3. The molecule has 0 radical (unpaired) electrons. The van der Waals surface area contributed by atoms with E-state index in [1.165, 1.54) is 0 Å². The summed E-state index contributed by atoms with van der Waals surface area (Å²) in [5, 5.41) is 23.0. The largest absolute Gasteiger partial charge is 0.508 e. The molecule has 1 aliphatic rings. The summed E-state index contributed by atoms with van der Waals surface area (Å²) in [7, 11) is 0. The number of ether oxygens (including phenoxy) is 1. The van der Waals surface area contributed by atoms with Crippen LogP contribution >= 0.6 is 0 Å². The molecular formula is C21H26N2O3. The monoisotopic (exact) mass is 354 g/mol. The topological polar surface area (TPSA) is 74.1 Å². The Morgan fingerprint density at radius 2 is 1.96 bits per heavy atom. The van der Waals surface area contributed by atoms with Crippen LogP contribution in [0.5, 0.6) is 11.5 Å². The summed E-state index contributed by atoms with van der Waals surface area (Å²) < 4.78 is 5.81. The molecule has 2 aromatic rings. The number of phenols is 1. The maximum Gasteiger partial charge on any atom is 0.125 e. The predicted octanol–water partition coefficient (Wildman–Crippen LogP) is 3.00. The van der Waals surface area contributed by atoms with Gasteiger partial charge in [0.05, 0.1) is 5.69 Å². The zero-order valence-electron chi connectivity index (χ0n) is 15.3. The molecule has 5 nitrogen and oxygen atoms in total. The van der Waals surface area contributed by atoms with Crippen LogP contribution in [0.1, 0.15) is 25.0 Å². The average molecular weight is 354 g/mol. The Morgan fingerprint density at radius 1 is 1.19 bits per heavy atom. The number of aromatic hydroxyl groups is 1. The molecule has 26 heavy (non-hydrogen) atoms. The van der Waals surface area contributed by atoms with Crippen molar-refractivity contribution >= 4 is 11.9 Å². The number of rotatable bonds is 8. The van der Waals surface area contributed by atoms with E-state index in [1.807, 2.05) is 36.5 Å². The fourth-order valence-electron chi connectivity index (χ4n) is 3.08. The summed E-state index contributed by atoms with van der Waals surface area (Å²) in [5.41, 5.74) is 2.98. The lowest BCUT2D eigenvalue weighted by molar-refractivity contribution is 0.0985. The average Bonchev–Trinajstić information content (AvgIpc) is 3.09. The van der Waals surface area contributed by atoms with Crippen LogP contribution in [-0.2, 0) is 12.8 Å². The minimum atomic E-state index is -0.604. The molecule has 1 aliphatic heterocycles. The van der Waals surface area contributed by atoms with Crippen LogP contribution in [0.3, 0.4) is 0 Å². The van der Waals surface area contributed by atoms with E-state index >= 15 is 0 Å². The highest BCUT2D eigenvalue weighted by Gasteiger charge is 2.20. The van der Waals surface area contributed by atoms with Gasteiger partial charge in [0.1, 0.15) is 24.2 Å². The van der Waals surface area contributed by atoms with Crippen molar-refractivity contribution in [1.29, 1.82) is 0 Å². The van der Waals surface area contributed by atoms with Crippen molar-refractivity contribution in [2.75, 3.05) is 13.2 Å². The molecule has 5 heteroatoms. The van der Waals surface area contributed by atoms with Gasteiger partial charge in [0.2, 0.25) is 0 Å².